The quantitative estimate of drug-likeness (QED) is 0.565. The van der Waals surface area contributed by atoms with Gasteiger partial charge in [-0.15, -0.1) is 0 Å². The SMILES string of the molecule is O=[N+]([O-])c1ccc(Oc2ccc([N+](=O)[O-])c(C(F)(F)F)c2)c(Cl)c1. The predicted octanol–water partition coefficient (Wildman–Crippen LogP) is 4.97. The highest BCUT2D eigenvalue weighted by molar-refractivity contribution is 6.32. The fourth-order valence-electron chi connectivity index (χ4n) is 1.78. The van der Waals surface area contributed by atoms with Gasteiger partial charge in [-0.2, -0.15) is 13.2 Å². The lowest BCUT2D eigenvalue weighted by molar-refractivity contribution is -0.388. The first-order valence-electron chi connectivity index (χ1n) is 6.07. The Labute approximate surface area is 136 Å². The Balaban J connectivity index is 2.41. The van der Waals surface area contributed by atoms with Crippen molar-refractivity contribution in [3.63, 3.8) is 0 Å². The van der Waals surface area contributed by atoms with Gasteiger partial charge < -0.3 is 4.74 Å². The van der Waals surface area contributed by atoms with Gasteiger partial charge in [0.05, 0.1) is 14.9 Å². The maximum Gasteiger partial charge on any atom is 0.423 e. The second-order valence-electron chi connectivity index (χ2n) is 4.41. The van der Waals surface area contributed by atoms with Gasteiger partial charge in [0.1, 0.15) is 17.1 Å². The Hall–Kier alpha value is -2.88. The third-order valence-corrected chi connectivity index (χ3v) is 3.12. The average Bonchev–Trinajstić information content (AvgIpc) is 2.48. The number of hydrogen-bond donors (Lipinski definition) is 0. The molecule has 0 amide bonds. The Morgan fingerprint density at radius 1 is 1.00 bits per heavy atom. The molecule has 126 valence electrons. The van der Waals surface area contributed by atoms with Gasteiger partial charge in [-0.25, -0.2) is 0 Å². The van der Waals surface area contributed by atoms with E-state index < -0.39 is 27.3 Å². The van der Waals surface area contributed by atoms with Gasteiger partial charge in [-0.1, -0.05) is 11.6 Å². The zero-order chi connectivity index (χ0) is 18.1. The second-order valence-corrected chi connectivity index (χ2v) is 4.81. The van der Waals surface area contributed by atoms with Crippen molar-refractivity contribution in [2.45, 2.75) is 6.18 Å². The lowest BCUT2D eigenvalue weighted by Crippen LogP contribution is -2.09. The highest BCUT2D eigenvalue weighted by Gasteiger charge is 2.38. The summed E-state index contributed by atoms with van der Waals surface area (Å²) >= 11 is 5.77. The van der Waals surface area contributed by atoms with Crippen LogP contribution in [-0.2, 0) is 6.18 Å². The Morgan fingerprint density at radius 2 is 1.67 bits per heavy atom. The molecule has 7 nitrogen and oxygen atoms in total. The summed E-state index contributed by atoms with van der Waals surface area (Å²) in [5.41, 5.74) is -2.93. The highest BCUT2D eigenvalue weighted by Crippen LogP contribution is 2.40. The molecule has 0 aliphatic heterocycles. The molecule has 0 spiro atoms. The zero-order valence-electron chi connectivity index (χ0n) is 11.4. The lowest BCUT2D eigenvalue weighted by atomic mass is 10.1. The van der Waals surface area contributed by atoms with Gasteiger partial charge >= 0.3 is 6.18 Å². The molecule has 2 rings (SSSR count). The number of nitro benzene ring substituents is 2. The molecule has 0 N–H and O–H groups in total. The van der Waals surface area contributed by atoms with Crippen LogP contribution in [0.25, 0.3) is 0 Å². The van der Waals surface area contributed by atoms with Crippen molar-refractivity contribution >= 4 is 23.0 Å². The topological polar surface area (TPSA) is 95.5 Å². The average molecular weight is 363 g/mol. The van der Waals surface area contributed by atoms with Gasteiger partial charge in [0.25, 0.3) is 11.4 Å². The monoisotopic (exact) mass is 362 g/mol. The molecule has 0 atom stereocenters. The number of nitro groups is 2. The summed E-state index contributed by atoms with van der Waals surface area (Å²) in [6.07, 6.45) is -4.96. The van der Waals surface area contributed by atoms with Crippen LogP contribution in [0.1, 0.15) is 5.56 Å². The van der Waals surface area contributed by atoms with E-state index in [1.165, 1.54) is 0 Å². The van der Waals surface area contributed by atoms with Crippen molar-refractivity contribution in [1.29, 1.82) is 0 Å². The number of hydrogen-bond acceptors (Lipinski definition) is 5. The summed E-state index contributed by atoms with van der Waals surface area (Å²) in [5, 5.41) is 21.1. The number of non-ortho nitro benzene ring substituents is 1. The van der Waals surface area contributed by atoms with E-state index in [-0.39, 0.29) is 22.2 Å². The molecule has 0 fully saturated rings. The molecule has 0 radical (unpaired) electrons. The minimum absolute atomic E-state index is 0.135. The molecule has 24 heavy (non-hydrogen) atoms. The Kier molecular flexibility index (Phi) is 4.60. The van der Waals surface area contributed by atoms with E-state index in [0.717, 1.165) is 24.3 Å². The van der Waals surface area contributed by atoms with Crippen LogP contribution in [0.4, 0.5) is 24.5 Å². The predicted molar refractivity (Wildman–Crippen MR) is 76.3 cm³/mol. The normalized spacial score (nSPS) is 11.2. The number of ether oxygens (including phenoxy) is 1. The number of halogens is 4. The van der Waals surface area contributed by atoms with Crippen LogP contribution in [0.2, 0.25) is 5.02 Å². The second kappa shape index (κ2) is 6.32. The van der Waals surface area contributed by atoms with Crippen LogP contribution in [0.15, 0.2) is 36.4 Å². The molecule has 0 unspecified atom stereocenters. The minimum Gasteiger partial charge on any atom is -0.456 e. The fraction of sp³-hybridized carbons (Fsp3) is 0.0769. The van der Waals surface area contributed by atoms with Crippen molar-refractivity contribution in [2.24, 2.45) is 0 Å². The van der Waals surface area contributed by atoms with Gasteiger partial charge in [-0.3, -0.25) is 20.2 Å². The van der Waals surface area contributed by atoms with Crippen molar-refractivity contribution in [2.75, 3.05) is 0 Å². The first-order chi connectivity index (χ1) is 11.1. The first kappa shape index (κ1) is 17.5. The molecule has 0 saturated heterocycles. The molecule has 0 heterocycles. The van der Waals surface area contributed by atoms with Gasteiger partial charge in [-0.05, 0) is 18.2 Å². The molecule has 2 aromatic rings. The van der Waals surface area contributed by atoms with Gasteiger partial charge in [0.15, 0.2) is 0 Å². The molecule has 11 heteroatoms. The maximum atomic E-state index is 12.9. The third-order valence-electron chi connectivity index (χ3n) is 2.82. The summed E-state index contributed by atoms with van der Waals surface area (Å²) in [6, 6.07) is 5.19. The van der Waals surface area contributed by atoms with E-state index in [9.17, 15) is 33.4 Å². The summed E-state index contributed by atoms with van der Waals surface area (Å²) < 4.78 is 43.8. The van der Waals surface area contributed by atoms with E-state index in [1.54, 1.807) is 0 Å². The first-order valence-corrected chi connectivity index (χ1v) is 6.45. The molecular formula is C13H6ClF3N2O5. The fourth-order valence-corrected chi connectivity index (χ4v) is 1.99. The smallest absolute Gasteiger partial charge is 0.423 e. The van der Waals surface area contributed by atoms with Crippen LogP contribution in [0.5, 0.6) is 11.5 Å². The van der Waals surface area contributed by atoms with E-state index in [1.807, 2.05) is 0 Å². The minimum atomic E-state index is -4.96. The highest BCUT2D eigenvalue weighted by atomic mass is 35.5. The maximum absolute atomic E-state index is 12.9. The van der Waals surface area contributed by atoms with E-state index in [2.05, 4.69) is 0 Å². The Bertz CT molecular complexity index is 826. The summed E-state index contributed by atoms with van der Waals surface area (Å²) in [5.74, 6) is -0.493. The van der Waals surface area contributed by atoms with Crippen molar-refractivity contribution in [1.82, 2.24) is 0 Å². The lowest BCUT2D eigenvalue weighted by Gasteiger charge is -2.11. The summed E-state index contributed by atoms with van der Waals surface area (Å²) in [6.45, 7) is 0. The van der Waals surface area contributed by atoms with Crippen LogP contribution in [-0.4, -0.2) is 9.85 Å². The van der Waals surface area contributed by atoms with Crippen LogP contribution >= 0.6 is 11.6 Å². The van der Waals surface area contributed by atoms with Crippen molar-refractivity contribution < 1.29 is 27.8 Å². The Morgan fingerprint density at radius 3 is 2.17 bits per heavy atom. The van der Waals surface area contributed by atoms with E-state index in [4.69, 9.17) is 16.3 Å². The van der Waals surface area contributed by atoms with Crippen molar-refractivity contribution in [3.05, 3.63) is 67.2 Å². The largest absolute Gasteiger partial charge is 0.456 e. The number of rotatable bonds is 4. The number of nitrogens with zero attached hydrogens (tertiary/aromatic N) is 2. The third kappa shape index (κ3) is 3.71. The van der Waals surface area contributed by atoms with Gasteiger partial charge in [0, 0.05) is 18.2 Å². The molecular weight excluding hydrogens is 357 g/mol. The number of benzene rings is 2. The molecule has 0 saturated carbocycles. The van der Waals surface area contributed by atoms with Crippen molar-refractivity contribution in [3.8, 4) is 11.5 Å². The molecule has 0 aromatic heterocycles. The van der Waals surface area contributed by atoms with Crippen LogP contribution in [0, 0.1) is 20.2 Å². The van der Waals surface area contributed by atoms with Crippen LogP contribution in [0.3, 0.4) is 0 Å². The van der Waals surface area contributed by atoms with Crippen LogP contribution < -0.4 is 4.74 Å². The standard InChI is InChI=1S/C13H6ClF3N2O5/c14-10-5-7(18(20)21)1-4-12(10)24-8-2-3-11(19(22)23)9(6-8)13(15,16)17/h1-6H. The number of alkyl halides is 3. The molecule has 0 bridgehead atoms. The zero-order valence-corrected chi connectivity index (χ0v) is 12.2. The summed E-state index contributed by atoms with van der Waals surface area (Å²) in [7, 11) is 0. The molecule has 2 aromatic carbocycles. The summed E-state index contributed by atoms with van der Waals surface area (Å²) in [4.78, 5) is 19.4. The van der Waals surface area contributed by atoms with Gasteiger partial charge in [0.2, 0.25) is 0 Å². The molecule has 0 aliphatic rings. The molecule has 0 aliphatic carbocycles. The van der Waals surface area contributed by atoms with E-state index >= 15 is 0 Å². The van der Waals surface area contributed by atoms with E-state index in [0.29, 0.717) is 12.1 Å².